The Morgan fingerprint density at radius 3 is 2.76 bits per heavy atom. The molecule has 106 valence electrons. The Kier molecular flexibility index (Phi) is 3.09. The molecule has 0 saturated carbocycles. The highest BCUT2D eigenvalue weighted by atomic mass is 35.5. The number of aryl methyl sites for hydroxylation is 1. The fraction of sp³-hybridized carbons (Fsp3) is 0.167. The smallest absolute Gasteiger partial charge is 0.236 e. The minimum Gasteiger partial charge on any atom is -0.311 e. The van der Waals surface area contributed by atoms with E-state index in [1.54, 1.807) is 11.8 Å². The first kappa shape index (κ1) is 13.1. The fourth-order valence-electron chi connectivity index (χ4n) is 2.24. The number of aromatic nitrogens is 6. The molecule has 0 aliphatic carbocycles. The lowest BCUT2D eigenvalue weighted by atomic mass is 10.3. The third kappa shape index (κ3) is 2.02. The van der Waals surface area contributed by atoms with E-state index < -0.39 is 0 Å². The Morgan fingerprint density at radius 2 is 2.00 bits per heavy atom. The van der Waals surface area contributed by atoms with E-state index in [0.717, 1.165) is 27.7 Å². The second-order valence-electron chi connectivity index (χ2n) is 4.45. The van der Waals surface area contributed by atoms with Crippen LogP contribution in [0.3, 0.4) is 0 Å². The van der Waals surface area contributed by atoms with Gasteiger partial charge in [0.1, 0.15) is 10.0 Å². The van der Waals surface area contributed by atoms with E-state index in [0.29, 0.717) is 10.1 Å². The lowest BCUT2D eigenvalue weighted by Crippen LogP contribution is -1.88. The van der Waals surface area contributed by atoms with E-state index in [-0.39, 0.29) is 0 Å². The zero-order valence-corrected chi connectivity index (χ0v) is 13.3. The lowest BCUT2D eigenvalue weighted by Gasteiger charge is -1.97. The van der Waals surface area contributed by atoms with Crippen LogP contribution in [0.25, 0.3) is 16.8 Å². The van der Waals surface area contributed by atoms with Crippen LogP contribution >= 0.6 is 34.9 Å². The molecule has 0 spiro atoms. The first-order valence-corrected chi connectivity index (χ1v) is 8.27. The average Bonchev–Trinajstić information content (AvgIpc) is 3.16. The van der Waals surface area contributed by atoms with Crippen molar-refractivity contribution < 1.29 is 0 Å². The second-order valence-corrected chi connectivity index (χ2v) is 6.75. The van der Waals surface area contributed by atoms with Crippen molar-refractivity contribution in [3.05, 3.63) is 34.3 Å². The number of imidazole rings is 1. The zero-order valence-electron chi connectivity index (χ0n) is 10.9. The minimum absolute atomic E-state index is 0.624. The third-order valence-corrected chi connectivity index (χ3v) is 5.17. The zero-order chi connectivity index (χ0) is 14.4. The molecule has 1 aromatic carbocycles. The molecule has 0 atom stereocenters. The van der Waals surface area contributed by atoms with Crippen LogP contribution in [0, 0.1) is 0 Å². The molecule has 0 aliphatic heterocycles. The van der Waals surface area contributed by atoms with E-state index in [1.165, 1.54) is 11.5 Å². The summed E-state index contributed by atoms with van der Waals surface area (Å²) in [7, 11) is 1.99. The number of nitrogens with zero attached hydrogens (tertiary/aromatic N) is 6. The molecule has 0 amide bonds. The first-order valence-electron chi connectivity index (χ1n) is 6.14. The predicted octanol–water partition coefficient (Wildman–Crippen LogP) is 3.02. The third-order valence-electron chi connectivity index (χ3n) is 3.25. The summed E-state index contributed by atoms with van der Waals surface area (Å²) in [5, 5.41) is 13.4. The molecule has 0 unspecified atom stereocenters. The van der Waals surface area contributed by atoms with Gasteiger partial charge in [0.25, 0.3) is 0 Å². The molecule has 3 aromatic heterocycles. The molecular formula is C12H9ClN6S2. The Morgan fingerprint density at radius 1 is 1.19 bits per heavy atom. The summed E-state index contributed by atoms with van der Waals surface area (Å²) in [6.07, 6.45) is 0. The van der Waals surface area contributed by atoms with Gasteiger partial charge >= 0.3 is 0 Å². The molecule has 9 heteroatoms. The van der Waals surface area contributed by atoms with Crippen molar-refractivity contribution >= 4 is 51.7 Å². The van der Waals surface area contributed by atoms with Crippen LogP contribution < -0.4 is 0 Å². The number of halogens is 1. The summed E-state index contributed by atoms with van der Waals surface area (Å²) in [6.45, 7) is 0. The van der Waals surface area contributed by atoms with Crippen LogP contribution in [-0.2, 0) is 12.8 Å². The van der Waals surface area contributed by atoms with Crippen molar-refractivity contribution in [2.45, 2.75) is 10.9 Å². The summed E-state index contributed by atoms with van der Waals surface area (Å²) < 4.78 is 8.54. The summed E-state index contributed by atoms with van der Waals surface area (Å²) >= 11 is 8.78. The van der Waals surface area contributed by atoms with Gasteiger partial charge in [-0.15, -0.1) is 15.3 Å². The van der Waals surface area contributed by atoms with Gasteiger partial charge in [0.05, 0.1) is 11.0 Å². The topological polar surface area (TPSA) is 60.9 Å². The predicted molar refractivity (Wildman–Crippen MR) is 83.9 cm³/mol. The average molecular weight is 337 g/mol. The maximum atomic E-state index is 6.03. The normalized spacial score (nSPS) is 11.7. The number of thioether (sulfide) groups is 1. The van der Waals surface area contributed by atoms with E-state index in [4.69, 9.17) is 11.6 Å². The number of rotatable bonds is 3. The van der Waals surface area contributed by atoms with E-state index in [1.807, 2.05) is 28.1 Å². The molecule has 0 fully saturated rings. The molecule has 0 saturated heterocycles. The first-order chi connectivity index (χ1) is 10.3. The highest BCUT2D eigenvalue weighted by Gasteiger charge is 2.16. The minimum atomic E-state index is 0.624. The monoisotopic (exact) mass is 336 g/mol. The number of benzene rings is 1. The van der Waals surface area contributed by atoms with Gasteiger partial charge in [-0.2, -0.15) is 0 Å². The Hall–Kier alpha value is -1.64. The standard InChI is InChI=1S/C12H9ClN6S2/c1-18-8-4-2-3-5-9(8)19-11(18)15-16-12(19)20-6-7-10(13)21-17-14-7/h2-5H,6H2,1H3. The molecule has 3 heterocycles. The van der Waals surface area contributed by atoms with Crippen molar-refractivity contribution in [2.24, 2.45) is 7.05 Å². The Bertz CT molecular complexity index is 940. The van der Waals surface area contributed by atoms with Gasteiger partial charge in [-0.25, -0.2) is 0 Å². The molecule has 0 radical (unpaired) electrons. The van der Waals surface area contributed by atoms with E-state index in [9.17, 15) is 0 Å². The summed E-state index contributed by atoms with van der Waals surface area (Å²) in [6, 6.07) is 8.16. The molecule has 4 rings (SSSR count). The summed E-state index contributed by atoms with van der Waals surface area (Å²) in [5.74, 6) is 1.44. The quantitative estimate of drug-likeness (QED) is 0.538. The summed E-state index contributed by atoms with van der Waals surface area (Å²) in [5.41, 5.74) is 2.99. The van der Waals surface area contributed by atoms with Crippen LogP contribution in [0.2, 0.25) is 4.34 Å². The molecule has 0 bridgehead atoms. The van der Waals surface area contributed by atoms with Crippen molar-refractivity contribution in [3.8, 4) is 0 Å². The Labute approximate surface area is 132 Å². The number of hydrogen-bond acceptors (Lipinski definition) is 6. The van der Waals surface area contributed by atoms with Gasteiger partial charge in [-0.05, 0) is 12.1 Å². The van der Waals surface area contributed by atoms with Gasteiger partial charge in [0.15, 0.2) is 5.16 Å². The van der Waals surface area contributed by atoms with Gasteiger partial charge in [-0.1, -0.05) is 40.0 Å². The fourth-order valence-corrected chi connectivity index (χ4v) is 3.92. The molecular weight excluding hydrogens is 328 g/mol. The molecule has 6 nitrogen and oxygen atoms in total. The van der Waals surface area contributed by atoms with Crippen molar-refractivity contribution in [2.75, 3.05) is 0 Å². The molecule has 0 N–H and O–H groups in total. The Balaban J connectivity index is 1.79. The van der Waals surface area contributed by atoms with E-state index >= 15 is 0 Å². The van der Waals surface area contributed by atoms with Crippen LogP contribution in [0.1, 0.15) is 5.69 Å². The SMILES string of the molecule is Cn1c2ccccc2n2c(SCc3nnsc3Cl)nnc12. The van der Waals surface area contributed by atoms with Gasteiger partial charge in [0, 0.05) is 24.3 Å². The lowest BCUT2D eigenvalue weighted by molar-refractivity contribution is 0.935. The number of hydrogen-bond donors (Lipinski definition) is 0. The van der Waals surface area contributed by atoms with Crippen molar-refractivity contribution in [1.29, 1.82) is 0 Å². The van der Waals surface area contributed by atoms with Crippen molar-refractivity contribution in [1.82, 2.24) is 28.8 Å². The molecule has 4 aromatic rings. The van der Waals surface area contributed by atoms with Crippen LogP contribution in [-0.4, -0.2) is 28.8 Å². The maximum Gasteiger partial charge on any atom is 0.236 e. The largest absolute Gasteiger partial charge is 0.311 e. The van der Waals surface area contributed by atoms with Crippen LogP contribution in [0.5, 0.6) is 0 Å². The molecule has 0 aliphatic rings. The highest BCUT2D eigenvalue weighted by Crippen LogP contribution is 2.29. The van der Waals surface area contributed by atoms with Crippen molar-refractivity contribution in [3.63, 3.8) is 0 Å². The van der Waals surface area contributed by atoms with Crippen LogP contribution in [0.15, 0.2) is 29.4 Å². The number of para-hydroxylation sites is 2. The van der Waals surface area contributed by atoms with Crippen LogP contribution in [0.4, 0.5) is 0 Å². The van der Waals surface area contributed by atoms with Gasteiger partial charge < -0.3 is 4.57 Å². The van der Waals surface area contributed by atoms with Gasteiger partial charge in [0.2, 0.25) is 5.78 Å². The summed E-state index contributed by atoms with van der Waals surface area (Å²) in [4.78, 5) is 0. The van der Waals surface area contributed by atoms with Gasteiger partial charge in [-0.3, -0.25) is 4.40 Å². The molecule has 21 heavy (non-hydrogen) atoms. The number of fused-ring (bicyclic) bond motifs is 3. The maximum absolute atomic E-state index is 6.03. The van der Waals surface area contributed by atoms with E-state index in [2.05, 4.69) is 31.9 Å². The highest BCUT2D eigenvalue weighted by molar-refractivity contribution is 7.98. The second kappa shape index (κ2) is 4.97.